The van der Waals surface area contributed by atoms with Gasteiger partial charge in [0.25, 0.3) is 0 Å². The van der Waals surface area contributed by atoms with Crippen molar-refractivity contribution >= 4 is 5.78 Å². The first-order chi connectivity index (χ1) is 13.0. The van der Waals surface area contributed by atoms with Crippen molar-refractivity contribution in [3.8, 4) is 0 Å². The van der Waals surface area contributed by atoms with Gasteiger partial charge in [-0.25, -0.2) is 0 Å². The second-order valence-corrected chi connectivity index (χ2v) is 6.92. The lowest BCUT2D eigenvalue weighted by Gasteiger charge is -2.09. The molecule has 0 atom stereocenters. The SMILES string of the molecule is CC(C)OCCOCCOCCOCCCc1cc(C(=O)C(C)C)ccn1. The van der Waals surface area contributed by atoms with Gasteiger partial charge in [0.1, 0.15) is 0 Å². The molecule has 154 valence electrons. The van der Waals surface area contributed by atoms with Crippen LogP contribution >= 0.6 is 0 Å². The van der Waals surface area contributed by atoms with Gasteiger partial charge in [0, 0.05) is 30.0 Å². The molecule has 6 nitrogen and oxygen atoms in total. The van der Waals surface area contributed by atoms with E-state index < -0.39 is 0 Å². The molecule has 1 heterocycles. The first kappa shape index (κ1) is 23.7. The Bertz CT molecular complexity index is 519. The lowest BCUT2D eigenvalue weighted by molar-refractivity contribution is -0.0118. The zero-order chi connectivity index (χ0) is 19.9. The Morgan fingerprint density at radius 3 is 2.11 bits per heavy atom. The number of aryl methyl sites for hydroxylation is 1. The van der Waals surface area contributed by atoms with E-state index in [-0.39, 0.29) is 17.8 Å². The van der Waals surface area contributed by atoms with E-state index in [1.165, 1.54) is 0 Å². The second kappa shape index (κ2) is 14.7. The number of Topliss-reactive ketones (excluding diaryl/α,β-unsaturated/α-hetero) is 1. The monoisotopic (exact) mass is 381 g/mol. The van der Waals surface area contributed by atoms with Crippen LogP contribution in [0.1, 0.15) is 50.2 Å². The molecule has 0 aliphatic heterocycles. The van der Waals surface area contributed by atoms with E-state index in [9.17, 15) is 4.79 Å². The van der Waals surface area contributed by atoms with Crippen LogP contribution in [0.15, 0.2) is 18.3 Å². The molecule has 0 aliphatic carbocycles. The highest BCUT2D eigenvalue weighted by molar-refractivity contribution is 5.97. The zero-order valence-electron chi connectivity index (χ0n) is 17.2. The Morgan fingerprint density at radius 1 is 0.926 bits per heavy atom. The standard InChI is InChI=1S/C21H35NO5/c1-17(2)21(23)19-7-8-22-20(16-19)6-5-9-24-10-11-25-12-13-26-14-15-27-18(3)4/h7-8,16-18H,5-6,9-15H2,1-4H3. The third-order valence-electron chi connectivity index (χ3n) is 3.77. The van der Waals surface area contributed by atoms with E-state index in [0.29, 0.717) is 46.2 Å². The number of aromatic nitrogens is 1. The zero-order valence-corrected chi connectivity index (χ0v) is 17.2. The summed E-state index contributed by atoms with van der Waals surface area (Å²) >= 11 is 0. The van der Waals surface area contributed by atoms with Gasteiger partial charge in [0.15, 0.2) is 5.78 Å². The van der Waals surface area contributed by atoms with Crippen LogP contribution in [-0.4, -0.2) is 63.1 Å². The third kappa shape index (κ3) is 11.9. The topological polar surface area (TPSA) is 66.9 Å². The first-order valence-electron chi connectivity index (χ1n) is 9.84. The lowest BCUT2D eigenvalue weighted by Crippen LogP contribution is -2.13. The smallest absolute Gasteiger partial charge is 0.165 e. The fourth-order valence-electron chi connectivity index (χ4n) is 2.34. The van der Waals surface area contributed by atoms with Crippen LogP contribution in [0.5, 0.6) is 0 Å². The maximum absolute atomic E-state index is 12.0. The van der Waals surface area contributed by atoms with Gasteiger partial charge in [-0.3, -0.25) is 9.78 Å². The van der Waals surface area contributed by atoms with Gasteiger partial charge in [-0.2, -0.15) is 0 Å². The molecule has 0 unspecified atom stereocenters. The number of carbonyl (C=O) groups is 1. The number of ether oxygens (including phenoxy) is 4. The minimum Gasteiger partial charge on any atom is -0.379 e. The number of nitrogens with zero attached hydrogens (tertiary/aromatic N) is 1. The molecule has 0 aliphatic rings. The molecular weight excluding hydrogens is 346 g/mol. The molecule has 0 saturated heterocycles. The summed E-state index contributed by atoms with van der Waals surface area (Å²) < 4.78 is 21.8. The van der Waals surface area contributed by atoms with E-state index in [4.69, 9.17) is 18.9 Å². The quantitative estimate of drug-likeness (QED) is 0.323. The van der Waals surface area contributed by atoms with E-state index >= 15 is 0 Å². The van der Waals surface area contributed by atoms with Gasteiger partial charge in [-0.15, -0.1) is 0 Å². The first-order valence-corrected chi connectivity index (χ1v) is 9.84. The van der Waals surface area contributed by atoms with Crippen LogP contribution in [0.3, 0.4) is 0 Å². The summed E-state index contributed by atoms with van der Waals surface area (Å²) in [5.41, 5.74) is 1.67. The van der Waals surface area contributed by atoms with Crippen LogP contribution in [0.4, 0.5) is 0 Å². The molecule has 0 fully saturated rings. The summed E-state index contributed by atoms with van der Waals surface area (Å²) in [5, 5.41) is 0. The summed E-state index contributed by atoms with van der Waals surface area (Å²) in [6.45, 7) is 11.9. The van der Waals surface area contributed by atoms with Gasteiger partial charge in [0.05, 0.1) is 45.7 Å². The minimum atomic E-state index is 0.00218. The van der Waals surface area contributed by atoms with Crippen molar-refractivity contribution in [3.63, 3.8) is 0 Å². The maximum Gasteiger partial charge on any atom is 0.165 e. The highest BCUT2D eigenvalue weighted by Crippen LogP contribution is 2.10. The summed E-state index contributed by atoms with van der Waals surface area (Å²) in [4.78, 5) is 16.3. The molecule has 0 saturated carbocycles. The number of hydrogen-bond donors (Lipinski definition) is 0. The van der Waals surface area contributed by atoms with E-state index in [0.717, 1.165) is 24.1 Å². The molecule has 1 aromatic heterocycles. The molecule has 6 heteroatoms. The largest absolute Gasteiger partial charge is 0.379 e. The van der Waals surface area contributed by atoms with Crippen molar-refractivity contribution in [2.24, 2.45) is 5.92 Å². The minimum absolute atomic E-state index is 0.00218. The second-order valence-electron chi connectivity index (χ2n) is 6.92. The number of ketones is 1. The molecule has 1 rings (SSSR count). The Hall–Kier alpha value is -1.34. The normalized spacial score (nSPS) is 11.5. The van der Waals surface area contributed by atoms with E-state index in [2.05, 4.69) is 4.98 Å². The van der Waals surface area contributed by atoms with Crippen molar-refractivity contribution in [2.75, 3.05) is 46.2 Å². The number of hydrogen-bond acceptors (Lipinski definition) is 6. The van der Waals surface area contributed by atoms with Crippen LogP contribution in [0.2, 0.25) is 0 Å². The Morgan fingerprint density at radius 2 is 1.52 bits per heavy atom. The third-order valence-corrected chi connectivity index (χ3v) is 3.77. The molecule has 1 aromatic rings. The van der Waals surface area contributed by atoms with Gasteiger partial charge in [-0.05, 0) is 38.8 Å². The van der Waals surface area contributed by atoms with E-state index in [1.807, 2.05) is 33.8 Å². The average Bonchev–Trinajstić information content (AvgIpc) is 2.64. The summed E-state index contributed by atoms with van der Waals surface area (Å²) in [5.74, 6) is 0.158. The average molecular weight is 382 g/mol. The fraction of sp³-hybridized carbons (Fsp3) is 0.714. The predicted octanol–water partition coefficient (Wildman–Crippen LogP) is 3.33. The van der Waals surface area contributed by atoms with Crippen molar-refractivity contribution in [3.05, 3.63) is 29.6 Å². The number of pyridine rings is 1. The van der Waals surface area contributed by atoms with Gasteiger partial charge in [-0.1, -0.05) is 13.8 Å². The van der Waals surface area contributed by atoms with Crippen LogP contribution < -0.4 is 0 Å². The van der Waals surface area contributed by atoms with Crippen molar-refractivity contribution in [2.45, 2.75) is 46.6 Å². The summed E-state index contributed by atoms with van der Waals surface area (Å²) in [6.07, 6.45) is 3.61. The fourth-order valence-corrected chi connectivity index (χ4v) is 2.34. The van der Waals surface area contributed by atoms with Crippen molar-refractivity contribution < 1.29 is 23.7 Å². The highest BCUT2D eigenvalue weighted by Gasteiger charge is 2.10. The Balaban J connectivity index is 1.97. The molecule has 0 radical (unpaired) electrons. The highest BCUT2D eigenvalue weighted by atomic mass is 16.6. The van der Waals surface area contributed by atoms with Gasteiger partial charge < -0.3 is 18.9 Å². The lowest BCUT2D eigenvalue weighted by atomic mass is 10.0. The summed E-state index contributed by atoms with van der Waals surface area (Å²) in [6, 6.07) is 3.67. The van der Waals surface area contributed by atoms with E-state index in [1.54, 1.807) is 12.3 Å². The van der Waals surface area contributed by atoms with Crippen LogP contribution in [-0.2, 0) is 25.4 Å². The Kier molecular flexibility index (Phi) is 12.9. The van der Waals surface area contributed by atoms with Crippen LogP contribution in [0.25, 0.3) is 0 Å². The molecule has 0 aromatic carbocycles. The predicted molar refractivity (Wildman–Crippen MR) is 105 cm³/mol. The molecule has 0 bridgehead atoms. The van der Waals surface area contributed by atoms with Crippen molar-refractivity contribution in [1.82, 2.24) is 4.98 Å². The molecule has 0 spiro atoms. The van der Waals surface area contributed by atoms with Crippen molar-refractivity contribution in [1.29, 1.82) is 0 Å². The maximum atomic E-state index is 12.0. The number of carbonyl (C=O) groups excluding carboxylic acids is 1. The molecule has 27 heavy (non-hydrogen) atoms. The van der Waals surface area contributed by atoms with Crippen LogP contribution in [0, 0.1) is 5.92 Å². The molecule has 0 N–H and O–H groups in total. The Labute approximate surface area is 163 Å². The molecule has 0 amide bonds. The molecular formula is C21H35NO5. The van der Waals surface area contributed by atoms with Gasteiger partial charge >= 0.3 is 0 Å². The summed E-state index contributed by atoms with van der Waals surface area (Å²) in [7, 11) is 0. The number of rotatable bonds is 16. The van der Waals surface area contributed by atoms with Gasteiger partial charge in [0.2, 0.25) is 0 Å².